The molecule has 0 atom stereocenters. The predicted molar refractivity (Wildman–Crippen MR) is 48.7 cm³/mol. The summed E-state index contributed by atoms with van der Waals surface area (Å²) in [4.78, 5) is 16.2. The fraction of sp³-hybridized carbons (Fsp3) is 0.125. The van der Waals surface area contributed by atoms with Gasteiger partial charge in [0.05, 0.1) is 11.0 Å². The molecule has 3 nitrogen and oxygen atoms in total. The lowest BCUT2D eigenvalue weighted by Crippen LogP contribution is -1.99. The molecule has 0 amide bonds. The number of imidazole rings is 1. The lowest BCUT2D eigenvalue weighted by atomic mass is 10.2. The number of halogens is 1. The molecular weight excluding hydrogens is 176 g/mol. The second-order valence-corrected chi connectivity index (χ2v) is 3.08. The van der Waals surface area contributed by atoms with E-state index in [9.17, 15) is 4.79 Å². The average Bonchev–Trinajstić information content (AvgIpc) is 2.39. The first-order chi connectivity index (χ1) is 5.68. The van der Waals surface area contributed by atoms with Crippen molar-refractivity contribution in [3.63, 3.8) is 0 Å². The number of rotatable bonds is 0. The van der Waals surface area contributed by atoms with Crippen LogP contribution in [0.1, 0.15) is 5.56 Å². The monoisotopic (exact) mass is 182 g/mol. The first-order valence-electron chi connectivity index (χ1n) is 3.55. The number of nitrogens with one attached hydrogen (secondary N) is 2. The summed E-state index contributed by atoms with van der Waals surface area (Å²) in [7, 11) is 0. The van der Waals surface area contributed by atoms with Crippen molar-refractivity contribution in [3.8, 4) is 0 Å². The van der Waals surface area contributed by atoms with E-state index in [0.29, 0.717) is 5.02 Å². The summed E-state index contributed by atoms with van der Waals surface area (Å²) >= 11 is 5.86. The number of fused-ring (bicyclic) bond motifs is 1. The molecule has 0 fully saturated rings. The van der Waals surface area contributed by atoms with Gasteiger partial charge in [0.2, 0.25) is 0 Å². The quantitative estimate of drug-likeness (QED) is 0.642. The van der Waals surface area contributed by atoms with Gasteiger partial charge in [0.25, 0.3) is 0 Å². The van der Waals surface area contributed by atoms with Gasteiger partial charge in [0, 0.05) is 5.02 Å². The Hall–Kier alpha value is -1.22. The first kappa shape index (κ1) is 7.43. The largest absolute Gasteiger partial charge is 0.323 e. The molecule has 0 spiro atoms. The standard InChI is InChI=1S/C8H7ClN2O/c1-4-5(9)2-3-6-7(4)11-8(12)10-6/h2-3H,1H3,(H2,10,11,12). The molecule has 0 saturated heterocycles. The molecule has 2 N–H and O–H groups in total. The Kier molecular flexibility index (Phi) is 1.48. The third-order valence-corrected chi connectivity index (χ3v) is 2.30. The van der Waals surface area contributed by atoms with Gasteiger partial charge in [-0.05, 0) is 24.6 Å². The number of hydrogen-bond donors (Lipinski definition) is 2. The highest BCUT2D eigenvalue weighted by Gasteiger charge is 2.03. The Balaban J connectivity index is 2.99. The highest BCUT2D eigenvalue weighted by molar-refractivity contribution is 6.32. The fourth-order valence-electron chi connectivity index (χ4n) is 1.22. The van der Waals surface area contributed by atoms with E-state index < -0.39 is 0 Å². The van der Waals surface area contributed by atoms with Gasteiger partial charge in [-0.3, -0.25) is 0 Å². The molecule has 4 heteroatoms. The zero-order chi connectivity index (χ0) is 8.72. The summed E-state index contributed by atoms with van der Waals surface area (Å²) in [5, 5.41) is 0.665. The number of H-pyrrole nitrogens is 2. The normalized spacial score (nSPS) is 10.8. The van der Waals surface area contributed by atoms with Crippen LogP contribution in [-0.4, -0.2) is 9.97 Å². The lowest BCUT2D eigenvalue weighted by molar-refractivity contribution is 1.21. The van der Waals surface area contributed by atoms with Crippen molar-refractivity contribution in [1.82, 2.24) is 9.97 Å². The van der Waals surface area contributed by atoms with Crippen LogP contribution < -0.4 is 5.69 Å². The lowest BCUT2D eigenvalue weighted by Gasteiger charge is -1.96. The van der Waals surface area contributed by atoms with E-state index in [-0.39, 0.29) is 5.69 Å². The van der Waals surface area contributed by atoms with Gasteiger partial charge in [-0.2, -0.15) is 0 Å². The van der Waals surface area contributed by atoms with Gasteiger partial charge >= 0.3 is 5.69 Å². The first-order valence-corrected chi connectivity index (χ1v) is 3.93. The minimum Gasteiger partial charge on any atom is -0.306 e. The molecule has 0 aliphatic rings. The molecule has 2 aromatic rings. The molecule has 0 radical (unpaired) electrons. The van der Waals surface area contributed by atoms with Crippen LogP contribution in [0, 0.1) is 6.92 Å². The SMILES string of the molecule is Cc1c(Cl)ccc2[nH]c(=O)[nH]c12. The predicted octanol–water partition coefficient (Wildman–Crippen LogP) is 1.82. The van der Waals surface area contributed by atoms with E-state index in [1.54, 1.807) is 12.1 Å². The van der Waals surface area contributed by atoms with E-state index >= 15 is 0 Å². The number of hydrogen-bond acceptors (Lipinski definition) is 1. The maximum absolute atomic E-state index is 10.9. The molecule has 0 saturated carbocycles. The summed E-state index contributed by atoms with van der Waals surface area (Å²) in [5.74, 6) is 0. The van der Waals surface area contributed by atoms with E-state index in [1.165, 1.54) is 0 Å². The van der Waals surface area contributed by atoms with E-state index in [1.807, 2.05) is 6.92 Å². The third-order valence-electron chi connectivity index (χ3n) is 1.89. The average molecular weight is 183 g/mol. The van der Waals surface area contributed by atoms with Crippen LogP contribution in [0.5, 0.6) is 0 Å². The summed E-state index contributed by atoms with van der Waals surface area (Å²) in [6, 6.07) is 3.55. The second kappa shape index (κ2) is 2.38. The number of aryl methyl sites for hydroxylation is 1. The zero-order valence-corrected chi connectivity index (χ0v) is 7.20. The maximum Gasteiger partial charge on any atom is 0.323 e. The van der Waals surface area contributed by atoms with Crippen molar-refractivity contribution in [1.29, 1.82) is 0 Å². The Morgan fingerprint density at radius 2 is 2.08 bits per heavy atom. The van der Waals surface area contributed by atoms with Crippen molar-refractivity contribution in [2.24, 2.45) is 0 Å². The molecule has 1 heterocycles. The summed E-state index contributed by atoms with van der Waals surface area (Å²) in [6.45, 7) is 1.87. The van der Waals surface area contributed by atoms with Gasteiger partial charge in [-0.1, -0.05) is 11.6 Å². The Morgan fingerprint density at radius 1 is 1.33 bits per heavy atom. The van der Waals surface area contributed by atoms with Crippen LogP contribution in [0.3, 0.4) is 0 Å². The van der Waals surface area contributed by atoms with Crippen molar-refractivity contribution in [2.45, 2.75) is 6.92 Å². The van der Waals surface area contributed by atoms with Crippen molar-refractivity contribution < 1.29 is 0 Å². The fourth-order valence-corrected chi connectivity index (χ4v) is 1.38. The van der Waals surface area contributed by atoms with Crippen LogP contribution in [0.2, 0.25) is 5.02 Å². The molecule has 1 aromatic carbocycles. The Morgan fingerprint density at radius 3 is 2.83 bits per heavy atom. The van der Waals surface area contributed by atoms with Crippen LogP contribution in [0.25, 0.3) is 11.0 Å². The summed E-state index contributed by atoms with van der Waals surface area (Å²) in [6.07, 6.45) is 0. The highest BCUT2D eigenvalue weighted by Crippen LogP contribution is 2.21. The molecular formula is C8H7ClN2O. The van der Waals surface area contributed by atoms with Gasteiger partial charge < -0.3 is 9.97 Å². The minimum absolute atomic E-state index is 0.199. The minimum atomic E-state index is -0.199. The molecule has 1 aromatic heterocycles. The molecule has 62 valence electrons. The second-order valence-electron chi connectivity index (χ2n) is 2.67. The van der Waals surface area contributed by atoms with Crippen LogP contribution in [0.15, 0.2) is 16.9 Å². The Bertz CT molecular complexity index is 483. The number of aromatic amines is 2. The van der Waals surface area contributed by atoms with Crippen molar-refractivity contribution in [3.05, 3.63) is 33.2 Å². The maximum atomic E-state index is 10.9. The number of benzene rings is 1. The van der Waals surface area contributed by atoms with Crippen molar-refractivity contribution in [2.75, 3.05) is 0 Å². The van der Waals surface area contributed by atoms with Gasteiger partial charge in [0.15, 0.2) is 0 Å². The van der Waals surface area contributed by atoms with Gasteiger partial charge in [-0.15, -0.1) is 0 Å². The highest BCUT2D eigenvalue weighted by atomic mass is 35.5. The summed E-state index contributed by atoms with van der Waals surface area (Å²) in [5.41, 5.74) is 2.28. The molecule has 0 aliphatic carbocycles. The molecule has 12 heavy (non-hydrogen) atoms. The topological polar surface area (TPSA) is 48.6 Å². The molecule has 2 rings (SSSR count). The molecule has 0 unspecified atom stereocenters. The van der Waals surface area contributed by atoms with E-state index in [0.717, 1.165) is 16.6 Å². The van der Waals surface area contributed by atoms with Crippen LogP contribution >= 0.6 is 11.6 Å². The van der Waals surface area contributed by atoms with Crippen molar-refractivity contribution >= 4 is 22.6 Å². The van der Waals surface area contributed by atoms with Crippen LogP contribution in [0.4, 0.5) is 0 Å². The van der Waals surface area contributed by atoms with E-state index in [4.69, 9.17) is 11.6 Å². The van der Waals surface area contributed by atoms with Gasteiger partial charge in [-0.25, -0.2) is 4.79 Å². The number of aromatic nitrogens is 2. The zero-order valence-electron chi connectivity index (χ0n) is 6.44. The third kappa shape index (κ3) is 0.940. The summed E-state index contributed by atoms with van der Waals surface area (Å²) < 4.78 is 0. The smallest absolute Gasteiger partial charge is 0.306 e. The Labute approximate surface area is 73.4 Å². The van der Waals surface area contributed by atoms with Crippen LogP contribution in [-0.2, 0) is 0 Å². The molecule has 0 aliphatic heterocycles. The van der Waals surface area contributed by atoms with Gasteiger partial charge in [0.1, 0.15) is 0 Å². The molecule has 0 bridgehead atoms. The van der Waals surface area contributed by atoms with E-state index in [2.05, 4.69) is 9.97 Å².